The van der Waals surface area contributed by atoms with Gasteiger partial charge in [-0.05, 0) is 67.2 Å². The molecule has 1 aliphatic carbocycles. The number of carbonyl (C=O) groups is 1. The molecule has 1 saturated heterocycles. The lowest BCUT2D eigenvalue weighted by Crippen LogP contribution is -2.48. The minimum Gasteiger partial charge on any atom is -0.369 e. The zero-order valence-electron chi connectivity index (χ0n) is 14.7. The number of ether oxygens (including phenoxy) is 1. The number of pyridine rings is 1. The lowest BCUT2D eigenvalue weighted by Gasteiger charge is -2.43. The lowest BCUT2D eigenvalue weighted by molar-refractivity contribution is -0.0906. The molecule has 1 fully saturated rings. The van der Waals surface area contributed by atoms with Crippen molar-refractivity contribution in [1.82, 2.24) is 9.88 Å². The minimum absolute atomic E-state index is 0.141. The number of rotatable bonds is 1. The van der Waals surface area contributed by atoms with E-state index in [2.05, 4.69) is 16.4 Å². The third-order valence-corrected chi connectivity index (χ3v) is 7.23. The first-order valence-corrected chi connectivity index (χ1v) is 10.3. The first-order chi connectivity index (χ1) is 12.7. The summed E-state index contributed by atoms with van der Waals surface area (Å²) in [6.45, 7) is 2.02. The number of aryl methyl sites for hydroxylation is 2. The topological polar surface area (TPSA) is 62.4 Å². The second-order valence-corrected chi connectivity index (χ2v) is 8.45. The lowest BCUT2D eigenvalue weighted by atomic mass is 9.85. The Bertz CT molecular complexity index is 921. The fraction of sp³-hybridized carbons (Fsp3) is 0.500. The first-order valence-electron chi connectivity index (χ1n) is 9.41. The number of H-pyrrole nitrogens is 1. The molecule has 0 bridgehead atoms. The van der Waals surface area contributed by atoms with Gasteiger partial charge in [-0.2, -0.15) is 0 Å². The Labute approximate surface area is 156 Å². The van der Waals surface area contributed by atoms with Gasteiger partial charge in [0.25, 0.3) is 11.5 Å². The van der Waals surface area contributed by atoms with Crippen molar-refractivity contribution in [2.75, 3.05) is 19.7 Å². The van der Waals surface area contributed by atoms with Crippen molar-refractivity contribution >= 4 is 17.2 Å². The van der Waals surface area contributed by atoms with Crippen LogP contribution in [0.25, 0.3) is 0 Å². The van der Waals surface area contributed by atoms with Crippen molar-refractivity contribution in [3.63, 3.8) is 0 Å². The standard InChI is InChI=1S/C20H22N2O3S/c23-18-15(12-14-2-1-3-16(14)21-18)19(24)22-8-6-20(7-9-22)17-13(4-10-25-20)5-11-26-17/h5,11-12H,1-4,6-10H2,(H,21,23). The van der Waals surface area contributed by atoms with Crippen molar-refractivity contribution in [2.24, 2.45) is 0 Å². The van der Waals surface area contributed by atoms with Gasteiger partial charge >= 0.3 is 0 Å². The predicted octanol–water partition coefficient (Wildman–Crippen LogP) is 2.63. The number of thiophene rings is 1. The molecule has 1 amide bonds. The molecule has 2 aliphatic heterocycles. The molecule has 5 rings (SSSR count). The SMILES string of the molecule is O=C(c1cc2c([nH]c1=O)CCC2)N1CCC2(CC1)OCCc1ccsc12. The second-order valence-electron chi connectivity index (χ2n) is 7.53. The number of hydrogen-bond acceptors (Lipinski definition) is 4. The number of aromatic nitrogens is 1. The number of hydrogen-bond donors (Lipinski definition) is 1. The van der Waals surface area contributed by atoms with Crippen LogP contribution < -0.4 is 5.56 Å². The number of fused-ring (bicyclic) bond motifs is 3. The van der Waals surface area contributed by atoms with Crippen LogP contribution >= 0.6 is 11.3 Å². The average Bonchev–Trinajstić information content (AvgIpc) is 3.30. The Morgan fingerprint density at radius 3 is 2.88 bits per heavy atom. The van der Waals surface area contributed by atoms with E-state index in [0.717, 1.165) is 56.4 Å². The monoisotopic (exact) mass is 370 g/mol. The Morgan fingerprint density at radius 2 is 2.04 bits per heavy atom. The maximum absolute atomic E-state index is 13.0. The smallest absolute Gasteiger partial charge is 0.261 e. The summed E-state index contributed by atoms with van der Waals surface area (Å²) in [5, 5.41) is 2.14. The summed E-state index contributed by atoms with van der Waals surface area (Å²) >= 11 is 1.77. The van der Waals surface area contributed by atoms with Crippen LogP contribution in [0.15, 0.2) is 22.3 Å². The molecule has 1 spiro atoms. The van der Waals surface area contributed by atoms with Crippen LogP contribution in [0.3, 0.4) is 0 Å². The van der Waals surface area contributed by atoms with E-state index in [-0.39, 0.29) is 17.1 Å². The Morgan fingerprint density at radius 1 is 1.19 bits per heavy atom. The molecule has 1 N–H and O–H groups in total. The van der Waals surface area contributed by atoms with Crippen LogP contribution in [0.2, 0.25) is 0 Å². The highest BCUT2D eigenvalue weighted by molar-refractivity contribution is 7.10. The summed E-state index contributed by atoms with van der Waals surface area (Å²) in [7, 11) is 0. The highest BCUT2D eigenvalue weighted by Gasteiger charge is 2.42. The van der Waals surface area contributed by atoms with Gasteiger partial charge in [-0.3, -0.25) is 9.59 Å². The number of carbonyl (C=O) groups excluding carboxylic acids is 1. The van der Waals surface area contributed by atoms with Gasteiger partial charge in [0, 0.05) is 23.7 Å². The van der Waals surface area contributed by atoms with Gasteiger partial charge in [0.1, 0.15) is 11.2 Å². The molecule has 5 nitrogen and oxygen atoms in total. The Hall–Kier alpha value is -1.92. The number of piperidine rings is 1. The van der Waals surface area contributed by atoms with Crippen LogP contribution in [-0.4, -0.2) is 35.5 Å². The summed E-state index contributed by atoms with van der Waals surface area (Å²) in [6, 6.07) is 4.02. The van der Waals surface area contributed by atoms with Crippen molar-refractivity contribution in [2.45, 2.75) is 44.1 Å². The van der Waals surface area contributed by atoms with E-state index in [9.17, 15) is 9.59 Å². The quantitative estimate of drug-likeness (QED) is 0.839. The van der Waals surface area contributed by atoms with Gasteiger partial charge in [-0.25, -0.2) is 0 Å². The molecule has 0 saturated carbocycles. The summed E-state index contributed by atoms with van der Waals surface area (Å²) in [5.41, 5.74) is 3.35. The average molecular weight is 370 g/mol. The zero-order valence-corrected chi connectivity index (χ0v) is 15.5. The Balaban J connectivity index is 1.37. The molecule has 2 aromatic rings. The number of amides is 1. The Kier molecular flexibility index (Phi) is 3.79. The van der Waals surface area contributed by atoms with Gasteiger partial charge in [-0.1, -0.05) is 0 Å². The van der Waals surface area contributed by atoms with E-state index in [4.69, 9.17) is 4.74 Å². The molecule has 3 aliphatic rings. The molecule has 4 heterocycles. The predicted molar refractivity (Wildman–Crippen MR) is 99.9 cm³/mol. The van der Waals surface area contributed by atoms with Gasteiger partial charge in [0.05, 0.1) is 6.61 Å². The van der Waals surface area contributed by atoms with E-state index in [0.29, 0.717) is 18.7 Å². The van der Waals surface area contributed by atoms with Gasteiger partial charge in [0.2, 0.25) is 0 Å². The first kappa shape index (κ1) is 16.3. The second kappa shape index (κ2) is 6.06. The van der Waals surface area contributed by atoms with Crippen molar-refractivity contribution < 1.29 is 9.53 Å². The fourth-order valence-corrected chi connectivity index (χ4v) is 5.81. The highest BCUT2D eigenvalue weighted by atomic mass is 32.1. The number of nitrogens with zero attached hydrogens (tertiary/aromatic N) is 1. The maximum atomic E-state index is 13.0. The molecule has 6 heteroatoms. The minimum atomic E-state index is -0.245. The summed E-state index contributed by atoms with van der Waals surface area (Å²) in [4.78, 5) is 31.4. The zero-order chi connectivity index (χ0) is 17.7. The van der Waals surface area contributed by atoms with Crippen molar-refractivity contribution in [1.29, 1.82) is 0 Å². The van der Waals surface area contributed by atoms with Crippen LogP contribution in [0, 0.1) is 0 Å². The molecule has 26 heavy (non-hydrogen) atoms. The van der Waals surface area contributed by atoms with Gasteiger partial charge in [-0.15, -0.1) is 11.3 Å². The maximum Gasteiger partial charge on any atom is 0.261 e. The van der Waals surface area contributed by atoms with E-state index in [1.807, 2.05) is 11.0 Å². The number of likely N-dealkylation sites (tertiary alicyclic amines) is 1. The molecule has 0 aromatic carbocycles. The van der Waals surface area contributed by atoms with Crippen LogP contribution in [0.5, 0.6) is 0 Å². The van der Waals surface area contributed by atoms with Gasteiger partial charge in [0.15, 0.2) is 0 Å². The van der Waals surface area contributed by atoms with Crippen molar-refractivity contribution in [3.05, 3.63) is 55.1 Å². The number of nitrogens with one attached hydrogen (secondary N) is 1. The van der Waals surface area contributed by atoms with Crippen LogP contribution in [0.4, 0.5) is 0 Å². The van der Waals surface area contributed by atoms with Gasteiger partial charge < -0.3 is 14.6 Å². The van der Waals surface area contributed by atoms with Crippen LogP contribution in [-0.2, 0) is 29.6 Å². The van der Waals surface area contributed by atoms with E-state index in [1.165, 1.54) is 10.4 Å². The molecule has 136 valence electrons. The largest absolute Gasteiger partial charge is 0.369 e. The third kappa shape index (κ3) is 2.47. The molecule has 0 radical (unpaired) electrons. The fourth-order valence-electron chi connectivity index (χ4n) is 4.64. The highest BCUT2D eigenvalue weighted by Crippen LogP contribution is 2.44. The summed E-state index contributed by atoms with van der Waals surface area (Å²) < 4.78 is 6.21. The normalized spacial score (nSPS) is 20.8. The van der Waals surface area contributed by atoms with E-state index >= 15 is 0 Å². The van der Waals surface area contributed by atoms with E-state index < -0.39 is 0 Å². The molecule has 0 atom stereocenters. The summed E-state index contributed by atoms with van der Waals surface area (Å²) in [5.74, 6) is -0.141. The molecule has 2 aromatic heterocycles. The third-order valence-electron chi connectivity index (χ3n) is 6.09. The molecule has 0 unspecified atom stereocenters. The molecular weight excluding hydrogens is 348 g/mol. The van der Waals surface area contributed by atoms with Crippen LogP contribution in [0.1, 0.15) is 51.3 Å². The van der Waals surface area contributed by atoms with Crippen molar-refractivity contribution in [3.8, 4) is 0 Å². The van der Waals surface area contributed by atoms with E-state index in [1.54, 1.807) is 11.3 Å². The summed E-state index contributed by atoms with van der Waals surface area (Å²) in [6.07, 6.45) is 5.49. The number of aromatic amines is 1. The molecular formula is C20H22N2O3S.